The minimum atomic E-state index is -1.59. The van der Waals surface area contributed by atoms with Crippen molar-refractivity contribution in [1.82, 2.24) is 0 Å². The molecule has 0 aliphatic carbocycles. The number of carboxylic acid groups (broad SMARTS) is 1. The molecule has 0 radical (unpaired) electrons. The van der Waals surface area contributed by atoms with Crippen molar-refractivity contribution in [2.45, 2.75) is 6.10 Å². The summed E-state index contributed by atoms with van der Waals surface area (Å²) in [6.45, 7) is 0. The molecule has 4 nitrogen and oxygen atoms in total. The summed E-state index contributed by atoms with van der Waals surface area (Å²) in [4.78, 5) is 20.0. The molecule has 2 N–H and O–H groups in total. The number of aliphatic hydroxyl groups is 1. The Morgan fingerprint density at radius 2 is 2.00 bits per heavy atom. The molecule has 2 atom stereocenters. The van der Waals surface area contributed by atoms with E-state index in [0.717, 1.165) is 0 Å². The van der Waals surface area contributed by atoms with Gasteiger partial charge in [-0.1, -0.05) is 0 Å². The third kappa shape index (κ3) is 2.54. The summed E-state index contributed by atoms with van der Waals surface area (Å²) in [6, 6.07) is 0. The Balaban J connectivity index is 3.88. The molecule has 0 spiro atoms. The van der Waals surface area contributed by atoms with Gasteiger partial charge >= 0.3 is 5.97 Å². The summed E-state index contributed by atoms with van der Waals surface area (Å²) in [5.41, 5.74) is 0. The Morgan fingerprint density at radius 1 is 1.56 bits per heavy atom. The number of carbonyl (C=O) groups is 2. The van der Waals surface area contributed by atoms with Crippen molar-refractivity contribution >= 4 is 21.0 Å². The number of hydrogen-bond acceptors (Lipinski definition) is 3. The topological polar surface area (TPSA) is 74.6 Å². The van der Waals surface area contributed by atoms with E-state index in [-0.39, 0.29) is 6.16 Å². The van der Waals surface area contributed by atoms with E-state index in [0.29, 0.717) is 0 Å². The van der Waals surface area contributed by atoms with Crippen molar-refractivity contribution in [3.8, 4) is 0 Å². The van der Waals surface area contributed by atoms with E-state index in [2.05, 4.69) is 9.24 Å². The van der Waals surface area contributed by atoms with Gasteiger partial charge in [0.25, 0.3) is 5.78 Å². The van der Waals surface area contributed by atoms with E-state index in [4.69, 9.17) is 10.2 Å². The third-order valence-electron chi connectivity index (χ3n) is 0.737. The van der Waals surface area contributed by atoms with Gasteiger partial charge in [-0.25, -0.2) is 4.79 Å². The number of carboxylic acids is 1. The van der Waals surface area contributed by atoms with Crippen LogP contribution in [-0.2, 0) is 9.59 Å². The average molecular weight is 150 g/mol. The number of aliphatic hydroxyl groups excluding tert-OH is 1. The van der Waals surface area contributed by atoms with Gasteiger partial charge in [-0.2, -0.15) is 0 Å². The van der Waals surface area contributed by atoms with Crippen molar-refractivity contribution in [2.24, 2.45) is 0 Å². The highest BCUT2D eigenvalue weighted by molar-refractivity contribution is 7.16. The van der Waals surface area contributed by atoms with E-state index < -0.39 is 17.9 Å². The molecular weight excluding hydrogens is 143 g/mol. The van der Waals surface area contributed by atoms with Gasteiger partial charge in [0.1, 0.15) is 6.10 Å². The fraction of sp³-hybridized carbons (Fsp3) is 0.500. The predicted molar refractivity (Wildman–Crippen MR) is 33.2 cm³/mol. The van der Waals surface area contributed by atoms with Gasteiger partial charge in [-0.3, -0.25) is 4.79 Å². The smallest absolute Gasteiger partial charge is 0.375 e. The molecule has 0 amide bonds. The monoisotopic (exact) mass is 150 g/mol. The molecule has 0 heterocycles. The number of rotatable bonds is 3. The maximum Gasteiger partial charge on any atom is 0.375 e. The van der Waals surface area contributed by atoms with Crippen LogP contribution in [0.15, 0.2) is 0 Å². The van der Waals surface area contributed by atoms with Crippen LogP contribution in [0.3, 0.4) is 0 Å². The van der Waals surface area contributed by atoms with Crippen LogP contribution < -0.4 is 0 Å². The number of aliphatic carboxylic acids is 1. The van der Waals surface area contributed by atoms with Gasteiger partial charge in [-0.15, -0.1) is 9.24 Å². The second-order valence-corrected chi connectivity index (χ2v) is 1.89. The fourth-order valence-electron chi connectivity index (χ4n) is 0.250. The van der Waals surface area contributed by atoms with E-state index in [1.807, 2.05) is 0 Å². The Kier molecular flexibility index (Phi) is 3.35. The maximum absolute atomic E-state index is 10.2. The zero-order valence-electron chi connectivity index (χ0n) is 4.57. The molecule has 0 aromatic heterocycles. The van der Waals surface area contributed by atoms with Crippen LogP contribution in [0.25, 0.3) is 0 Å². The summed E-state index contributed by atoms with van der Waals surface area (Å²) >= 11 is 0. The number of carbonyl (C=O) groups excluding carboxylic acids is 1. The van der Waals surface area contributed by atoms with Crippen LogP contribution in [-0.4, -0.2) is 34.2 Å². The second kappa shape index (κ2) is 3.54. The van der Waals surface area contributed by atoms with Crippen molar-refractivity contribution in [3.63, 3.8) is 0 Å². The molecule has 0 fully saturated rings. The quantitative estimate of drug-likeness (QED) is 0.394. The molecule has 0 aromatic rings. The Bertz CT molecular complexity index is 133. The largest absolute Gasteiger partial charge is 0.475 e. The van der Waals surface area contributed by atoms with Gasteiger partial charge in [0.15, 0.2) is 0 Å². The second-order valence-electron chi connectivity index (χ2n) is 1.42. The number of ketones is 1. The highest BCUT2D eigenvalue weighted by atomic mass is 31.0. The van der Waals surface area contributed by atoms with Gasteiger partial charge in [0.2, 0.25) is 0 Å². The summed E-state index contributed by atoms with van der Waals surface area (Å²) in [5, 5.41) is 16.5. The summed E-state index contributed by atoms with van der Waals surface area (Å²) in [7, 11) is 2.07. The predicted octanol–water partition coefficient (Wildman–Crippen LogP) is -1.12. The van der Waals surface area contributed by atoms with Crippen LogP contribution in [0.5, 0.6) is 0 Å². The normalized spacial score (nSPS) is 12.7. The molecule has 0 aliphatic heterocycles. The summed E-state index contributed by atoms with van der Waals surface area (Å²) < 4.78 is 0. The Hall–Kier alpha value is -0.470. The van der Waals surface area contributed by atoms with Crippen LogP contribution in [0.2, 0.25) is 0 Å². The first-order valence-electron chi connectivity index (χ1n) is 2.25. The van der Waals surface area contributed by atoms with Gasteiger partial charge in [0.05, 0.1) is 0 Å². The lowest BCUT2D eigenvalue weighted by molar-refractivity contribution is -0.152. The maximum atomic E-state index is 10.2. The van der Waals surface area contributed by atoms with Crippen molar-refractivity contribution < 1.29 is 19.8 Å². The zero-order valence-corrected chi connectivity index (χ0v) is 5.73. The molecule has 9 heavy (non-hydrogen) atoms. The minimum absolute atomic E-state index is 0.0606. The average Bonchev–Trinajstić information content (AvgIpc) is 1.84. The van der Waals surface area contributed by atoms with Gasteiger partial charge < -0.3 is 10.2 Å². The first kappa shape index (κ1) is 8.53. The van der Waals surface area contributed by atoms with E-state index in [9.17, 15) is 9.59 Å². The first-order chi connectivity index (χ1) is 4.09. The zero-order chi connectivity index (χ0) is 7.44. The fourth-order valence-corrected chi connectivity index (χ4v) is 0.464. The molecule has 0 saturated heterocycles. The Morgan fingerprint density at radius 3 is 2.11 bits per heavy atom. The lowest BCUT2D eigenvalue weighted by Gasteiger charge is -1.99. The van der Waals surface area contributed by atoms with Gasteiger partial charge in [0, 0.05) is 0 Å². The minimum Gasteiger partial charge on any atom is -0.475 e. The highest BCUT2D eigenvalue weighted by Crippen LogP contribution is 1.91. The summed E-state index contributed by atoms with van der Waals surface area (Å²) in [5.74, 6) is -2.75. The lowest BCUT2D eigenvalue weighted by atomic mass is 10.3. The van der Waals surface area contributed by atoms with E-state index >= 15 is 0 Å². The highest BCUT2D eigenvalue weighted by Gasteiger charge is 2.19. The standard InChI is InChI=1S/C4H7O4P/c5-2(1-9)3(6)4(7)8/h2,5H,1,9H2,(H,7,8). The SMILES string of the molecule is O=C(O)C(=O)C(O)CP. The van der Waals surface area contributed by atoms with Crippen LogP contribution in [0.1, 0.15) is 0 Å². The summed E-state index contributed by atoms with van der Waals surface area (Å²) in [6.07, 6.45) is -1.32. The van der Waals surface area contributed by atoms with Crippen molar-refractivity contribution in [3.05, 3.63) is 0 Å². The van der Waals surface area contributed by atoms with Crippen LogP contribution in [0.4, 0.5) is 0 Å². The molecule has 0 bridgehead atoms. The molecule has 0 saturated carbocycles. The molecule has 0 rings (SSSR count). The van der Waals surface area contributed by atoms with Crippen LogP contribution in [0, 0.1) is 0 Å². The lowest BCUT2D eigenvalue weighted by Crippen LogP contribution is -2.28. The van der Waals surface area contributed by atoms with Crippen molar-refractivity contribution in [2.75, 3.05) is 6.16 Å². The van der Waals surface area contributed by atoms with E-state index in [1.54, 1.807) is 0 Å². The van der Waals surface area contributed by atoms with Crippen LogP contribution >= 0.6 is 9.24 Å². The molecular formula is C4H7O4P. The number of Topliss-reactive ketones (excluding diaryl/α,β-unsaturated/α-hetero) is 1. The third-order valence-corrected chi connectivity index (χ3v) is 1.18. The molecule has 52 valence electrons. The Labute approximate surface area is 54.1 Å². The van der Waals surface area contributed by atoms with E-state index in [1.165, 1.54) is 0 Å². The molecule has 0 aliphatic rings. The molecule has 0 aromatic carbocycles. The molecule has 5 heteroatoms. The first-order valence-corrected chi connectivity index (χ1v) is 3.06. The van der Waals surface area contributed by atoms with Gasteiger partial charge in [-0.05, 0) is 6.16 Å². The van der Waals surface area contributed by atoms with Crippen molar-refractivity contribution in [1.29, 1.82) is 0 Å². The number of hydrogen-bond donors (Lipinski definition) is 2. The molecule has 2 unspecified atom stereocenters.